The monoisotopic (exact) mass is 399 g/mol. The summed E-state index contributed by atoms with van der Waals surface area (Å²) in [5, 5.41) is 3.77. The molecule has 6 heteroatoms. The molecule has 0 atom stereocenters. The number of hydrogen-bond donors (Lipinski definition) is 1. The van der Waals surface area contributed by atoms with Gasteiger partial charge >= 0.3 is 0 Å². The first-order chi connectivity index (χ1) is 13.1. The third kappa shape index (κ3) is 4.12. The fourth-order valence-corrected chi connectivity index (χ4v) is 3.98. The molecule has 0 unspecified atom stereocenters. The SMILES string of the molecule is Cc1ccc(S(C)(=O)=O)cc1NC(=O)Cc1coc2cc(C)c(C(C)C)cc12. The van der Waals surface area contributed by atoms with E-state index in [0.29, 0.717) is 11.6 Å². The van der Waals surface area contributed by atoms with Crippen molar-refractivity contribution in [1.82, 2.24) is 0 Å². The van der Waals surface area contributed by atoms with Crippen molar-refractivity contribution < 1.29 is 17.6 Å². The zero-order chi connectivity index (χ0) is 20.6. The highest BCUT2D eigenvalue weighted by Gasteiger charge is 2.16. The van der Waals surface area contributed by atoms with Crippen molar-refractivity contribution >= 4 is 32.4 Å². The van der Waals surface area contributed by atoms with Crippen LogP contribution in [-0.2, 0) is 21.1 Å². The van der Waals surface area contributed by atoms with Crippen molar-refractivity contribution in [3.8, 4) is 0 Å². The van der Waals surface area contributed by atoms with Crippen LogP contribution in [0.2, 0.25) is 0 Å². The molecule has 1 aromatic heterocycles. The summed E-state index contributed by atoms with van der Waals surface area (Å²) in [6.45, 7) is 8.16. The number of benzene rings is 2. The van der Waals surface area contributed by atoms with Crippen LogP contribution in [0.1, 0.15) is 42.0 Å². The predicted octanol–water partition coefficient (Wildman–Crippen LogP) is 4.76. The zero-order valence-corrected chi connectivity index (χ0v) is 17.6. The molecule has 0 radical (unpaired) electrons. The van der Waals surface area contributed by atoms with Crippen molar-refractivity contribution in [2.75, 3.05) is 11.6 Å². The van der Waals surface area contributed by atoms with Gasteiger partial charge in [-0.05, 0) is 60.7 Å². The van der Waals surface area contributed by atoms with Gasteiger partial charge in [0.15, 0.2) is 9.84 Å². The summed E-state index contributed by atoms with van der Waals surface area (Å²) in [6, 6.07) is 8.83. The van der Waals surface area contributed by atoms with Crippen molar-refractivity contribution in [3.05, 3.63) is 58.8 Å². The van der Waals surface area contributed by atoms with Crippen LogP contribution in [0.25, 0.3) is 11.0 Å². The Balaban J connectivity index is 1.87. The van der Waals surface area contributed by atoms with Crippen LogP contribution in [-0.4, -0.2) is 20.6 Å². The van der Waals surface area contributed by atoms with E-state index >= 15 is 0 Å². The second kappa shape index (κ2) is 7.43. The first-order valence-electron chi connectivity index (χ1n) is 9.17. The number of sulfone groups is 1. The maximum atomic E-state index is 12.6. The predicted molar refractivity (Wildman–Crippen MR) is 112 cm³/mol. The van der Waals surface area contributed by atoms with Gasteiger partial charge in [-0.15, -0.1) is 0 Å². The maximum absolute atomic E-state index is 12.6. The molecule has 2 aromatic carbocycles. The standard InChI is InChI=1S/C22H25NO4S/c1-13(2)18-11-19-16(12-27-21(19)8-15(18)4)9-22(24)23-20-10-17(28(5,25)26)7-6-14(20)3/h6-8,10-13H,9H2,1-5H3,(H,23,24). The van der Waals surface area contributed by atoms with E-state index in [1.165, 1.54) is 17.2 Å². The molecule has 0 aliphatic heterocycles. The highest BCUT2D eigenvalue weighted by atomic mass is 32.2. The maximum Gasteiger partial charge on any atom is 0.228 e. The molecule has 0 saturated carbocycles. The van der Waals surface area contributed by atoms with Gasteiger partial charge in [0, 0.05) is 22.9 Å². The molecular formula is C22H25NO4S. The van der Waals surface area contributed by atoms with E-state index in [9.17, 15) is 13.2 Å². The van der Waals surface area contributed by atoms with Gasteiger partial charge in [0.1, 0.15) is 5.58 Å². The largest absolute Gasteiger partial charge is 0.464 e. The third-order valence-electron chi connectivity index (χ3n) is 4.93. The highest BCUT2D eigenvalue weighted by molar-refractivity contribution is 7.90. The molecule has 28 heavy (non-hydrogen) atoms. The molecule has 148 valence electrons. The van der Waals surface area contributed by atoms with Crippen LogP contribution in [0.4, 0.5) is 5.69 Å². The van der Waals surface area contributed by atoms with Gasteiger partial charge in [-0.1, -0.05) is 19.9 Å². The summed E-state index contributed by atoms with van der Waals surface area (Å²) in [5.74, 6) is 0.158. The number of carbonyl (C=O) groups is 1. The first kappa shape index (κ1) is 20.1. The number of hydrogen-bond acceptors (Lipinski definition) is 4. The van der Waals surface area contributed by atoms with Crippen molar-refractivity contribution in [1.29, 1.82) is 0 Å². The van der Waals surface area contributed by atoms with Crippen molar-refractivity contribution in [3.63, 3.8) is 0 Å². The quantitative estimate of drug-likeness (QED) is 0.671. The van der Waals surface area contributed by atoms with Crippen LogP contribution in [0.15, 0.2) is 45.9 Å². The van der Waals surface area contributed by atoms with E-state index in [4.69, 9.17) is 4.42 Å². The number of carbonyl (C=O) groups excluding carboxylic acids is 1. The van der Waals surface area contributed by atoms with Crippen molar-refractivity contribution in [2.24, 2.45) is 0 Å². The minimum atomic E-state index is -3.34. The minimum Gasteiger partial charge on any atom is -0.464 e. The van der Waals surface area contributed by atoms with E-state index < -0.39 is 9.84 Å². The third-order valence-corrected chi connectivity index (χ3v) is 6.04. The second-order valence-corrected chi connectivity index (χ2v) is 9.61. The van der Waals surface area contributed by atoms with E-state index in [-0.39, 0.29) is 17.2 Å². The number of aryl methyl sites for hydroxylation is 2. The number of anilines is 1. The van der Waals surface area contributed by atoms with Crippen LogP contribution >= 0.6 is 0 Å². The average molecular weight is 400 g/mol. The molecule has 0 saturated heterocycles. The fourth-order valence-electron chi connectivity index (χ4n) is 3.34. The number of rotatable bonds is 5. The Labute approximate surface area is 165 Å². The lowest BCUT2D eigenvalue weighted by Gasteiger charge is -2.11. The normalized spacial score (nSPS) is 11.9. The van der Waals surface area contributed by atoms with Gasteiger partial charge in [-0.3, -0.25) is 4.79 Å². The second-order valence-electron chi connectivity index (χ2n) is 7.59. The Bertz CT molecular complexity index is 1160. The van der Waals surface area contributed by atoms with Gasteiger partial charge in [-0.25, -0.2) is 8.42 Å². The van der Waals surface area contributed by atoms with Gasteiger partial charge in [-0.2, -0.15) is 0 Å². The molecular weight excluding hydrogens is 374 g/mol. The summed E-state index contributed by atoms with van der Waals surface area (Å²) in [5.41, 5.74) is 5.27. The molecule has 5 nitrogen and oxygen atoms in total. The highest BCUT2D eigenvalue weighted by Crippen LogP contribution is 2.29. The van der Waals surface area contributed by atoms with E-state index in [2.05, 4.69) is 32.2 Å². The Morgan fingerprint density at radius 3 is 2.46 bits per heavy atom. The number of nitrogens with one attached hydrogen (secondary N) is 1. The molecule has 1 N–H and O–H groups in total. The number of fused-ring (bicyclic) bond motifs is 1. The minimum absolute atomic E-state index is 0.149. The van der Waals surface area contributed by atoms with E-state index in [1.54, 1.807) is 18.4 Å². The van der Waals surface area contributed by atoms with Crippen LogP contribution in [0.3, 0.4) is 0 Å². The molecule has 0 spiro atoms. The fraction of sp³-hybridized carbons (Fsp3) is 0.318. The summed E-state index contributed by atoms with van der Waals surface area (Å²) >= 11 is 0. The molecule has 1 heterocycles. The van der Waals surface area contributed by atoms with Gasteiger partial charge in [0.2, 0.25) is 5.91 Å². The Morgan fingerprint density at radius 2 is 1.82 bits per heavy atom. The van der Waals surface area contributed by atoms with E-state index in [0.717, 1.165) is 28.4 Å². The number of furan rings is 1. The Morgan fingerprint density at radius 1 is 1.11 bits per heavy atom. The summed E-state index contributed by atoms with van der Waals surface area (Å²) in [4.78, 5) is 12.8. The lowest BCUT2D eigenvalue weighted by atomic mass is 9.95. The molecule has 0 aliphatic carbocycles. The number of amides is 1. The van der Waals surface area contributed by atoms with Crippen LogP contribution in [0, 0.1) is 13.8 Å². The molecule has 1 amide bonds. The summed E-state index contributed by atoms with van der Waals surface area (Å²) in [6.07, 6.45) is 2.92. The summed E-state index contributed by atoms with van der Waals surface area (Å²) < 4.78 is 29.2. The van der Waals surface area contributed by atoms with Gasteiger partial charge in [0.05, 0.1) is 17.6 Å². The van der Waals surface area contributed by atoms with E-state index in [1.807, 2.05) is 13.0 Å². The Kier molecular flexibility index (Phi) is 5.35. The summed E-state index contributed by atoms with van der Waals surface area (Å²) in [7, 11) is -3.34. The van der Waals surface area contributed by atoms with Crippen LogP contribution < -0.4 is 5.32 Å². The first-order valence-corrected chi connectivity index (χ1v) is 11.1. The molecule has 0 aliphatic rings. The molecule has 0 fully saturated rings. The van der Waals surface area contributed by atoms with Crippen LogP contribution in [0.5, 0.6) is 0 Å². The zero-order valence-electron chi connectivity index (χ0n) is 16.8. The lowest BCUT2D eigenvalue weighted by Crippen LogP contribution is -2.15. The molecule has 3 rings (SSSR count). The van der Waals surface area contributed by atoms with Crippen molar-refractivity contribution in [2.45, 2.75) is 44.9 Å². The van der Waals surface area contributed by atoms with Gasteiger partial charge < -0.3 is 9.73 Å². The Hall–Kier alpha value is -2.60. The lowest BCUT2D eigenvalue weighted by molar-refractivity contribution is -0.115. The van der Waals surface area contributed by atoms with Gasteiger partial charge in [0.25, 0.3) is 0 Å². The topological polar surface area (TPSA) is 76.4 Å². The smallest absolute Gasteiger partial charge is 0.228 e. The average Bonchev–Trinajstić information content (AvgIpc) is 2.96. The molecule has 0 bridgehead atoms. The molecule has 3 aromatic rings.